The Hall–Kier alpha value is -0.410. The third-order valence-corrected chi connectivity index (χ3v) is 0.558. The Morgan fingerprint density at radius 3 is 2.75 bits per heavy atom. The molecule has 0 aliphatic carbocycles. The number of carbonyl (C=O) groups is 1. The molecular weight excluding hydrogens is 108 g/mol. The smallest absolute Gasteiger partial charge is 0.145 e. The number of aldehydes is 1. The predicted octanol–water partition coefficient (Wildman–Crippen LogP) is 0.0101. The molecule has 0 amide bonds. The number of hydrogen-bond donors (Lipinski definition) is 0. The highest BCUT2D eigenvalue weighted by Gasteiger charge is 1.81. The van der Waals surface area contributed by atoms with Crippen molar-refractivity contribution in [3.8, 4) is 0 Å². The second-order valence-electron chi connectivity index (χ2n) is 1.15. The standard InChI is InChI=1S/C5H9O3/c1-7-4-5-8-3-2-6/h2H,1,3-5H2. The Morgan fingerprint density at radius 2 is 2.25 bits per heavy atom. The van der Waals surface area contributed by atoms with E-state index in [-0.39, 0.29) is 6.61 Å². The van der Waals surface area contributed by atoms with Gasteiger partial charge in [-0.25, -0.2) is 0 Å². The third kappa shape index (κ3) is 5.59. The first-order valence-corrected chi connectivity index (χ1v) is 2.30. The van der Waals surface area contributed by atoms with Crippen molar-refractivity contribution < 1.29 is 14.3 Å². The predicted molar refractivity (Wildman–Crippen MR) is 28.2 cm³/mol. The van der Waals surface area contributed by atoms with Gasteiger partial charge in [0.25, 0.3) is 0 Å². The van der Waals surface area contributed by atoms with E-state index in [1.165, 1.54) is 0 Å². The summed E-state index contributed by atoms with van der Waals surface area (Å²) in [6.45, 7) is 1.01. The van der Waals surface area contributed by atoms with E-state index >= 15 is 0 Å². The van der Waals surface area contributed by atoms with Gasteiger partial charge in [-0.3, -0.25) is 0 Å². The van der Waals surface area contributed by atoms with Crippen LogP contribution in [0.5, 0.6) is 0 Å². The number of carbonyl (C=O) groups excluding carboxylic acids is 1. The fourth-order valence-electron chi connectivity index (χ4n) is 0.249. The van der Waals surface area contributed by atoms with Gasteiger partial charge in [-0.2, -0.15) is 0 Å². The first-order chi connectivity index (χ1) is 3.91. The fourth-order valence-corrected chi connectivity index (χ4v) is 0.249. The Balaban J connectivity index is 2.62. The van der Waals surface area contributed by atoms with Crippen LogP contribution >= 0.6 is 0 Å². The summed E-state index contributed by atoms with van der Waals surface area (Å²) in [6, 6.07) is 0. The van der Waals surface area contributed by atoms with E-state index in [0.717, 1.165) is 0 Å². The monoisotopic (exact) mass is 117 g/mol. The Labute approximate surface area is 48.6 Å². The SMILES string of the molecule is [CH2]OCCOCC=O. The lowest BCUT2D eigenvalue weighted by Crippen LogP contribution is -2.02. The van der Waals surface area contributed by atoms with E-state index in [1.54, 1.807) is 0 Å². The normalized spacial score (nSPS) is 9.12. The highest BCUT2D eigenvalue weighted by atomic mass is 16.5. The second kappa shape index (κ2) is 6.59. The van der Waals surface area contributed by atoms with Crippen LogP contribution in [0.15, 0.2) is 0 Å². The van der Waals surface area contributed by atoms with Gasteiger partial charge >= 0.3 is 0 Å². The van der Waals surface area contributed by atoms with Crippen molar-refractivity contribution in [3.63, 3.8) is 0 Å². The highest BCUT2D eigenvalue weighted by Crippen LogP contribution is 1.72. The van der Waals surface area contributed by atoms with E-state index < -0.39 is 0 Å². The quantitative estimate of drug-likeness (QED) is 0.376. The maximum atomic E-state index is 9.59. The van der Waals surface area contributed by atoms with Crippen LogP contribution in [0.4, 0.5) is 0 Å². The molecule has 3 nitrogen and oxygen atoms in total. The van der Waals surface area contributed by atoms with Crippen molar-refractivity contribution in [1.82, 2.24) is 0 Å². The molecule has 0 saturated carbocycles. The van der Waals surface area contributed by atoms with Crippen molar-refractivity contribution in [1.29, 1.82) is 0 Å². The van der Waals surface area contributed by atoms with Crippen LogP contribution in [0.25, 0.3) is 0 Å². The molecule has 0 aliphatic heterocycles. The molecule has 0 atom stereocenters. The first-order valence-electron chi connectivity index (χ1n) is 2.30. The summed E-state index contributed by atoms with van der Waals surface area (Å²) in [5.41, 5.74) is 0. The molecule has 0 fully saturated rings. The van der Waals surface area contributed by atoms with E-state index in [4.69, 9.17) is 4.74 Å². The Morgan fingerprint density at radius 1 is 1.50 bits per heavy atom. The van der Waals surface area contributed by atoms with E-state index in [1.807, 2.05) is 0 Å². The van der Waals surface area contributed by atoms with Crippen LogP contribution in [0.3, 0.4) is 0 Å². The minimum absolute atomic E-state index is 0.142. The van der Waals surface area contributed by atoms with Crippen LogP contribution in [-0.4, -0.2) is 26.1 Å². The van der Waals surface area contributed by atoms with Gasteiger partial charge in [0.15, 0.2) is 0 Å². The van der Waals surface area contributed by atoms with Gasteiger partial charge in [0.2, 0.25) is 0 Å². The second-order valence-corrected chi connectivity index (χ2v) is 1.15. The van der Waals surface area contributed by atoms with E-state index in [0.29, 0.717) is 19.5 Å². The summed E-state index contributed by atoms with van der Waals surface area (Å²) in [4.78, 5) is 9.59. The average Bonchev–Trinajstić information content (AvgIpc) is 1.81. The highest BCUT2D eigenvalue weighted by molar-refractivity contribution is 5.50. The summed E-state index contributed by atoms with van der Waals surface area (Å²) < 4.78 is 9.09. The molecule has 47 valence electrons. The maximum Gasteiger partial charge on any atom is 0.145 e. The minimum Gasteiger partial charge on any atom is -0.377 e. The van der Waals surface area contributed by atoms with E-state index in [9.17, 15) is 4.79 Å². The maximum absolute atomic E-state index is 9.59. The fraction of sp³-hybridized carbons (Fsp3) is 0.600. The molecule has 0 saturated heterocycles. The lowest BCUT2D eigenvalue weighted by atomic mass is 10.7. The largest absolute Gasteiger partial charge is 0.377 e. The van der Waals surface area contributed by atoms with E-state index in [2.05, 4.69) is 11.8 Å². The van der Waals surface area contributed by atoms with Gasteiger partial charge in [-0.05, 0) is 0 Å². The van der Waals surface area contributed by atoms with Crippen LogP contribution in [0.1, 0.15) is 0 Å². The van der Waals surface area contributed by atoms with Crippen molar-refractivity contribution in [2.75, 3.05) is 19.8 Å². The zero-order valence-electron chi connectivity index (χ0n) is 4.63. The number of rotatable bonds is 5. The summed E-state index contributed by atoms with van der Waals surface area (Å²) in [6.07, 6.45) is 0.698. The molecule has 8 heavy (non-hydrogen) atoms. The summed E-state index contributed by atoms with van der Waals surface area (Å²) in [7, 11) is 3.11. The van der Waals surface area contributed by atoms with Crippen molar-refractivity contribution in [2.45, 2.75) is 0 Å². The van der Waals surface area contributed by atoms with Crippen LogP contribution in [0.2, 0.25) is 0 Å². The van der Waals surface area contributed by atoms with Crippen molar-refractivity contribution in [2.24, 2.45) is 0 Å². The topological polar surface area (TPSA) is 35.5 Å². The Bertz CT molecular complexity index is 53.6. The summed E-state index contributed by atoms with van der Waals surface area (Å²) in [5.74, 6) is 0. The number of ether oxygens (including phenoxy) is 2. The molecule has 0 aromatic heterocycles. The molecular formula is C5H9O3. The first kappa shape index (κ1) is 7.59. The molecule has 0 spiro atoms. The van der Waals surface area contributed by atoms with Gasteiger partial charge in [0.05, 0.1) is 20.3 Å². The lowest BCUT2D eigenvalue weighted by molar-refractivity contribution is -0.112. The molecule has 0 heterocycles. The molecule has 0 aromatic carbocycles. The third-order valence-electron chi connectivity index (χ3n) is 0.558. The average molecular weight is 117 g/mol. The van der Waals surface area contributed by atoms with Gasteiger partial charge in [0, 0.05) is 0 Å². The van der Waals surface area contributed by atoms with Crippen molar-refractivity contribution >= 4 is 6.29 Å². The lowest BCUT2D eigenvalue weighted by Gasteiger charge is -1.95. The van der Waals surface area contributed by atoms with Gasteiger partial charge in [0.1, 0.15) is 12.9 Å². The zero-order chi connectivity index (χ0) is 6.24. The molecule has 0 N–H and O–H groups in total. The molecule has 0 unspecified atom stereocenters. The minimum atomic E-state index is 0.142. The molecule has 1 radical (unpaired) electrons. The van der Waals surface area contributed by atoms with Crippen LogP contribution in [0, 0.1) is 7.11 Å². The van der Waals surface area contributed by atoms with Crippen molar-refractivity contribution in [3.05, 3.63) is 7.11 Å². The molecule has 0 bridgehead atoms. The Kier molecular flexibility index (Phi) is 6.25. The summed E-state index contributed by atoms with van der Waals surface area (Å²) >= 11 is 0. The zero-order valence-corrected chi connectivity index (χ0v) is 4.63. The molecule has 0 aromatic rings. The van der Waals surface area contributed by atoms with Gasteiger partial charge < -0.3 is 14.3 Å². The van der Waals surface area contributed by atoms with Gasteiger partial charge in [-0.15, -0.1) is 0 Å². The molecule has 0 aliphatic rings. The summed E-state index contributed by atoms with van der Waals surface area (Å²) in [5, 5.41) is 0. The molecule has 0 rings (SSSR count). The number of hydrogen-bond acceptors (Lipinski definition) is 3. The molecule has 3 heteroatoms. The van der Waals surface area contributed by atoms with Crippen LogP contribution in [-0.2, 0) is 14.3 Å². The van der Waals surface area contributed by atoms with Crippen LogP contribution < -0.4 is 0 Å². The van der Waals surface area contributed by atoms with Gasteiger partial charge in [-0.1, -0.05) is 0 Å².